The van der Waals surface area contributed by atoms with Gasteiger partial charge in [-0.05, 0) is 45.9 Å². The first-order valence-corrected chi connectivity index (χ1v) is 13.4. The molecule has 164 valence electrons. The molecule has 1 N–H and O–H groups in total. The van der Waals surface area contributed by atoms with Crippen molar-refractivity contribution >= 4 is 18.7 Å². The van der Waals surface area contributed by atoms with Gasteiger partial charge in [0.15, 0.2) is 0 Å². The minimum atomic E-state index is -2.53. The zero-order valence-electron chi connectivity index (χ0n) is 19.2. The van der Waals surface area contributed by atoms with Crippen LogP contribution in [0.2, 0.25) is 5.04 Å². The number of nitrogens with one attached hydrogen (secondary N) is 1. The zero-order valence-corrected chi connectivity index (χ0v) is 20.2. The lowest BCUT2D eigenvalue weighted by Crippen LogP contribution is -2.68. The lowest BCUT2D eigenvalue weighted by molar-refractivity contribution is 0.139. The smallest absolute Gasteiger partial charge is 0.261 e. The summed E-state index contributed by atoms with van der Waals surface area (Å²) in [5.74, 6) is 0. The van der Waals surface area contributed by atoms with Crippen molar-refractivity contribution < 1.29 is 4.43 Å². The lowest BCUT2D eigenvalue weighted by Gasteiger charge is -2.46. The molecule has 3 aromatic carbocycles. The third-order valence-corrected chi connectivity index (χ3v) is 11.7. The normalized spacial score (nSPS) is 19.3. The number of rotatable bonds is 5. The second-order valence-corrected chi connectivity index (χ2v) is 13.9. The number of hydrogen-bond donors (Lipinski definition) is 1. The lowest BCUT2D eigenvalue weighted by atomic mass is 9.96. The number of piperidine rings is 1. The summed E-state index contributed by atoms with van der Waals surface area (Å²) in [6, 6.07) is 32.2. The van der Waals surface area contributed by atoms with Crippen molar-refractivity contribution in [3.05, 3.63) is 96.1 Å². The van der Waals surface area contributed by atoms with Crippen LogP contribution in [0.25, 0.3) is 0 Å². The molecule has 0 saturated carbocycles. The monoisotopic (exact) mass is 440 g/mol. The summed E-state index contributed by atoms with van der Waals surface area (Å²) in [6.07, 6.45) is 2.20. The van der Waals surface area contributed by atoms with E-state index >= 15 is 0 Å². The van der Waals surface area contributed by atoms with E-state index in [0.717, 1.165) is 19.4 Å². The van der Waals surface area contributed by atoms with E-state index in [1.54, 1.807) is 0 Å². The summed E-state index contributed by atoms with van der Waals surface area (Å²) in [5, 5.41) is 15.4. The molecule has 32 heavy (non-hydrogen) atoms. The number of nitriles is 1. The van der Waals surface area contributed by atoms with Gasteiger partial charge in [0.2, 0.25) is 0 Å². The molecule has 2 atom stereocenters. The maximum atomic E-state index is 9.06. The van der Waals surface area contributed by atoms with Crippen molar-refractivity contribution in [2.24, 2.45) is 0 Å². The van der Waals surface area contributed by atoms with Crippen LogP contribution in [-0.4, -0.2) is 21.0 Å². The van der Waals surface area contributed by atoms with Gasteiger partial charge in [-0.1, -0.05) is 93.6 Å². The fraction of sp³-hybridized carbons (Fsp3) is 0.321. The van der Waals surface area contributed by atoms with Crippen LogP contribution in [0.4, 0.5) is 0 Å². The van der Waals surface area contributed by atoms with E-state index in [9.17, 15) is 0 Å². The van der Waals surface area contributed by atoms with Crippen LogP contribution < -0.4 is 15.7 Å². The van der Waals surface area contributed by atoms with Crippen LogP contribution in [0.1, 0.15) is 50.8 Å². The van der Waals surface area contributed by atoms with Crippen molar-refractivity contribution in [3.8, 4) is 6.07 Å². The molecule has 1 aliphatic heterocycles. The van der Waals surface area contributed by atoms with Gasteiger partial charge in [-0.3, -0.25) is 0 Å². The topological polar surface area (TPSA) is 45.0 Å². The number of nitrogens with zero attached hydrogens (tertiary/aromatic N) is 1. The Kier molecular flexibility index (Phi) is 6.62. The van der Waals surface area contributed by atoms with E-state index in [4.69, 9.17) is 9.69 Å². The minimum absolute atomic E-state index is 0.0142. The first kappa shape index (κ1) is 22.5. The molecule has 4 heteroatoms. The molecule has 3 nitrogen and oxygen atoms in total. The van der Waals surface area contributed by atoms with Crippen LogP contribution in [0.15, 0.2) is 84.9 Å². The maximum Gasteiger partial charge on any atom is 0.261 e. The van der Waals surface area contributed by atoms with E-state index in [2.05, 4.69) is 105 Å². The molecule has 1 heterocycles. The van der Waals surface area contributed by atoms with E-state index in [1.165, 1.54) is 15.9 Å². The van der Waals surface area contributed by atoms with Gasteiger partial charge >= 0.3 is 0 Å². The summed E-state index contributed by atoms with van der Waals surface area (Å²) >= 11 is 0. The molecular formula is C28H32N2OSi. The van der Waals surface area contributed by atoms with Gasteiger partial charge in [0.1, 0.15) is 0 Å². The Bertz CT molecular complexity index is 1010. The molecule has 4 rings (SSSR count). The first-order valence-electron chi connectivity index (χ1n) is 11.5. The summed E-state index contributed by atoms with van der Waals surface area (Å²) < 4.78 is 7.27. The summed E-state index contributed by atoms with van der Waals surface area (Å²) in [7, 11) is -2.53. The summed E-state index contributed by atoms with van der Waals surface area (Å²) in [6.45, 7) is 7.81. The Morgan fingerprint density at radius 3 is 1.84 bits per heavy atom. The van der Waals surface area contributed by atoms with Gasteiger partial charge in [0.05, 0.1) is 17.7 Å². The van der Waals surface area contributed by atoms with Gasteiger partial charge in [-0.15, -0.1) is 0 Å². The first-order chi connectivity index (χ1) is 15.4. The predicted octanol–water partition coefficient (Wildman–Crippen LogP) is 4.93. The number of benzene rings is 3. The second kappa shape index (κ2) is 9.42. The average molecular weight is 441 g/mol. The van der Waals surface area contributed by atoms with Crippen molar-refractivity contribution in [1.82, 2.24) is 5.32 Å². The molecular weight excluding hydrogens is 408 g/mol. The maximum absolute atomic E-state index is 9.06. The molecule has 1 saturated heterocycles. The predicted molar refractivity (Wildman–Crippen MR) is 134 cm³/mol. The Labute approximate surface area is 193 Å². The summed E-state index contributed by atoms with van der Waals surface area (Å²) in [5.41, 5.74) is 1.95. The Balaban J connectivity index is 1.61. The van der Waals surface area contributed by atoms with Crippen LogP contribution in [0.3, 0.4) is 0 Å². The van der Waals surface area contributed by atoms with E-state index < -0.39 is 8.32 Å². The molecule has 2 unspecified atom stereocenters. The quantitative estimate of drug-likeness (QED) is 0.572. The Morgan fingerprint density at radius 2 is 1.41 bits per heavy atom. The minimum Gasteiger partial charge on any atom is -0.403 e. The van der Waals surface area contributed by atoms with Gasteiger partial charge in [0.25, 0.3) is 8.32 Å². The fourth-order valence-electron chi connectivity index (χ4n) is 4.95. The Hall–Kier alpha value is -2.71. The molecule has 0 aromatic heterocycles. The molecule has 0 radical (unpaired) electrons. The molecule has 1 fully saturated rings. The van der Waals surface area contributed by atoms with Crippen molar-refractivity contribution in [3.63, 3.8) is 0 Å². The number of hydrogen-bond acceptors (Lipinski definition) is 3. The highest BCUT2D eigenvalue weighted by atomic mass is 28.4. The fourth-order valence-corrected chi connectivity index (χ4v) is 9.66. The average Bonchev–Trinajstić information content (AvgIpc) is 2.83. The summed E-state index contributed by atoms with van der Waals surface area (Å²) in [4.78, 5) is 0. The van der Waals surface area contributed by atoms with E-state index in [1.807, 2.05) is 12.1 Å². The largest absolute Gasteiger partial charge is 0.403 e. The highest BCUT2D eigenvalue weighted by Crippen LogP contribution is 2.38. The zero-order chi connectivity index (χ0) is 22.6. The van der Waals surface area contributed by atoms with Gasteiger partial charge in [-0.2, -0.15) is 5.26 Å². The van der Waals surface area contributed by atoms with E-state index in [0.29, 0.717) is 11.6 Å². The van der Waals surface area contributed by atoms with Crippen LogP contribution >= 0.6 is 0 Å². The molecule has 0 bridgehead atoms. The molecule has 0 spiro atoms. The molecule has 0 amide bonds. The highest BCUT2D eigenvalue weighted by molar-refractivity contribution is 6.99. The molecule has 0 aliphatic carbocycles. The molecule has 1 aliphatic rings. The van der Waals surface area contributed by atoms with Crippen molar-refractivity contribution in [2.45, 2.75) is 50.8 Å². The highest BCUT2D eigenvalue weighted by Gasteiger charge is 2.51. The van der Waals surface area contributed by atoms with Gasteiger partial charge in [-0.25, -0.2) is 0 Å². The van der Waals surface area contributed by atoms with E-state index in [-0.39, 0.29) is 11.1 Å². The van der Waals surface area contributed by atoms with Crippen LogP contribution in [0, 0.1) is 11.3 Å². The van der Waals surface area contributed by atoms with Crippen LogP contribution in [-0.2, 0) is 4.43 Å². The van der Waals surface area contributed by atoms with Crippen molar-refractivity contribution in [2.75, 3.05) is 6.54 Å². The third-order valence-electron chi connectivity index (χ3n) is 6.57. The molecule has 3 aromatic rings. The Morgan fingerprint density at radius 1 is 0.844 bits per heavy atom. The van der Waals surface area contributed by atoms with Crippen LogP contribution in [0.5, 0.6) is 0 Å². The second-order valence-electron chi connectivity index (χ2n) is 9.68. The van der Waals surface area contributed by atoms with Crippen molar-refractivity contribution in [1.29, 1.82) is 5.26 Å². The van der Waals surface area contributed by atoms with Gasteiger partial charge < -0.3 is 9.74 Å². The third kappa shape index (κ3) is 4.42. The van der Waals surface area contributed by atoms with Gasteiger partial charge in [0, 0.05) is 12.6 Å². The standard InChI is InChI=1S/C28H32N2OSi/c1-28(2,3)32(25-10-6-4-7-11-25,26-12-8-5-9-13-26)31-24-18-19-27(30-21-24)23-16-14-22(20-29)15-17-23/h4-17,24,27,30H,18-19,21H2,1-3H3. The SMILES string of the molecule is CC(C)(C)[Si](OC1CCC(c2ccc(C#N)cc2)NC1)(c1ccccc1)c1ccccc1.